The number of aromatic nitrogens is 1. The predicted molar refractivity (Wildman–Crippen MR) is 127 cm³/mol. The van der Waals surface area contributed by atoms with Gasteiger partial charge < -0.3 is 19.9 Å². The van der Waals surface area contributed by atoms with Crippen LogP contribution in [0.3, 0.4) is 0 Å². The zero-order valence-corrected chi connectivity index (χ0v) is 18.3. The lowest BCUT2D eigenvalue weighted by Crippen LogP contribution is -2.38. The molecular weight excluding hydrogens is 422 g/mol. The Labute approximate surface area is 191 Å². The lowest BCUT2D eigenvalue weighted by Gasteiger charge is -2.26. The molecule has 1 amide bonds. The predicted octanol–water partition coefficient (Wildman–Crippen LogP) is 3.71. The molecule has 2 heterocycles. The number of anilines is 2. The van der Waals surface area contributed by atoms with Crippen LogP contribution in [0.1, 0.15) is 23.2 Å². The molecule has 2 N–H and O–H groups in total. The molecule has 1 aromatic heterocycles. The van der Waals surface area contributed by atoms with E-state index in [1.54, 1.807) is 12.1 Å². The Morgan fingerprint density at radius 1 is 1.09 bits per heavy atom. The third kappa shape index (κ3) is 4.99. The number of nitrogens with zero attached hydrogens (tertiary/aromatic N) is 3. The second kappa shape index (κ2) is 9.21. The normalized spacial score (nSPS) is 16.6. The van der Waals surface area contributed by atoms with Crippen molar-refractivity contribution >= 4 is 33.9 Å². The largest absolute Gasteiger partial charge is 0.379 e. The van der Waals surface area contributed by atoms with E-state index in [-0.39, 0.29) is 23.2 Å². The number of carbonyl (C=O) groups excluding carboxylic acids is 1. The summed E-state index contributed by atoms with van der Waals surface area (Å²) in [5.41, 5.74) is 2.39. The molecule has 2 fully saturated rings. The Kier molecular flexibility index (Phi) is 5.97. The van der Waals surface area contributed by atoms with E-state index >= 15 is 0 Å². The van der Waals surface area contributed by atoms with Crippen LogP contribution in [0.5, 0.6) is 0 Å². The Morgan fingerprint density at radius 3 is 2.67 bits per heavy atom. The van der Waals surface area contributed by atoms with Crippen molar-refractivity contribution in [1.82, 2.24) is 9.47 Å². The molecular formula is C24H27N5O4. The molecule has 1 saturated carbocycles. The SMILES string of the molecule is O=C(Nc1ccc2c(ccn2CCN2CCOCC2)c1)c1ccc(NC2CC2)c([N+](=O)[O-])c1. The quantitative estimate of drug-likeness (QED) is 0.402. The highest BCUT2D eigenvalue weighted by atomic mass is 16.6. The van der Waals surface area contributed by atoms with E-state index in [4.69, 9.17) is 4.74 Å². The topological polar surface area (TPSA) is 102 Å². The maximum Gasteiger partial charge on any atom is 0.293 e. The number of carbonyl (C=O) groups is 1. The molecule has 2 aromatic carbocycles. The average Bonchev–Trinajstić information content (AvgIpc) is 3.55. The summed E-state index contributed by atoms with van der Waals surface area (Å²) in [4.78, 5) is 26.2. The molecule has 172 valence electrons. The highest BCUT2D eigenvalue weighted by Gasteiger charge is 2.25. The molecule has 5 rings (SSSR count). The van der Waals surface area contributed by atoms with Gasteiger partial charge in [-0.15, -0.1) is 0 Å². The van der Waals surface area contributed by atoms with Gasteiger partial charge in [0.1, 0.15) is 5.69 Å². The van der Waals surface area contributed by atoms with Gasteiger partial charge >= 0.3 is 0 Å². The van der Waals surface area contributed by atoms with Crippen molar-refractivity contribution in [2.45, 2.75) is 25.4 Å². The highest BCUT2D eigenvalue weighted by molar-refractivity contribution is 6.06. The van der Waals surface area contributed by atoms with Crippen LogP contribution in [0.2, 0.25) is 0 Å². The molecule has 1 aliphatic heterocycles. The van der Waals surface area contributed by atoms with Crippen molar-refractivity contribution < 1.29 is 14.5 Å². The fourth-order valence-electron chi connectivity index (χ4n) is 4.14. The molecule has 0 bridgehead atoms. The van der Waals surface area contributed by atoms with E-state index in [1.807, 2.05) is 24.3 Å². The van der Waals surface area contributed by atoms with Gasteiger partial charge in [-0.05, 0) is 49.2 Å². The van der Waals surface area contributed by atoms with Gasteiger partial charge in [-0.25, -0.2) is 0 Å². The number of benzene rings is 2. The lowest BCUT2D eigenvalue weighted by molar-refractivity contribution is -0.384. The molecule has 2 aliphatic rings. The number of morpholine rings is 1. The number of nitro groups is 1. The fraction of sp³-hybridized carbons (Fsp3) is 0.375. The molecule has 0 unspecified atom stereocenters. The minimum Gasteiger partial charge on any atom is -0.379 e. The van der Waals surface area contributed by atoms with Crippen molar-refractivity contribution in [2.75, 3.05) is 43.5 Å². The molecule has 33 heavy (non-hydrogen) atoms. The molecule has 1 saturated heterocycles. The summed E-state index contributed by atoms with van der Waals surface area (Å²) in [7, 11) is 0. The first-order valence-corrected chi connectivity index (χ1v) is 11.3. The minimum absolute atomic E-state index is 0.0812. The van der Waals surface area contributed by atoms with Crippen LogP contribution in [-0.2, 0) is 11.3 Å². The Hall–Kier alpha value is -3.43. The second-order valence-corrected chi connectivity index (χ2v) is 8.60. The third-order valence-electron chi connectivity index (χ3n) is 6.18. The number of amides is 1. The summed E-state index contributed by atoms with van der Waals surface area (Å²) in [6.45, 7) is 5.36. The van der Waals surface area contributed by atoms with Crippen LogP contribution in [-0.4, -0.2) is 59.2 Å². The van der Waals surface area contributed by atoms with Crippen LogP contribution in [0.4, 0.5) is 17.1 Å². The molecule has 9 nitrogen and oxygen atoms in total. The number of nitrogens with one attached hydrogen (secondary N) is 2. The van der Waals surface area contributed by atoms with E-state index in [9.17, 15) is 14.9 Å². The zero-order chi connectivity index (χ0) is 22.8. The van der Waals surface area contributed by atoms with Crippen LogP contribution in [0, 0.1) is 10.1 Å². The van der Waals surface area contributed by atoms with Crippen molar-refractivity contribution in [1.29, 1.82) is 0 Å². The van der Waals surface area contributed by atoms with Crippen molar-refractivity contribution in [2.24, 2.45) is 0 Å². The Balaban J connectivity index is 1.27. The number of hydrogen-bond donors (Lipinski definition) is 2. The van der Waals surface area contributed by atoms with E-state index in [1.165, 1.54) is 6.07 Å². The van der Waals surface area contributed by atoms with E-state index in [0.29, 0.717) is 11.4 Å². The summed E-state index contributed by atoms with van der Waals surface area (Å²) >= 11 is 0. The van der Waals surface area contributed by atoms with E-state index in [2.05, 4.69) is 26.3 Å². The number of nitro benzene ring substituents is 1. The number of fused-ring (bicyclic) bond motifs is 1. The Bertz CT molecular complexity index is 1180. The van der Waals surface area contributed by atoms with Crippen LogP contribution in [0.25, 0.3) is 10.9 Å². The summed E-state index contributed by atoms with van der Waals surface area (Å²) < 4.78 is 7.62. The van der Waals surface area contributed by atoms with Gasteiger partial charge in [0, 0.05) is 66.6 Å². The van der Waals surface area contributed by atoms with E-state index < -0.39 is 4.92 Å². The van der Waals surface area contributed by atoms with Crippen LogP contribution < -0.4 is 10.6 Å². The highest BCUT2D eigenvalue weighted by Crippen LogP contribution is 2.32. The van der Waals surface area contributed by atoms with Gasteiger partial charge in [-0.2, -0.15) is 0 Å². The summed E-state index contributed by atoms with van der Waals surface area (Å²) in [5, 5.41) is 18.5. The molecule has 1 aliphatic carbocycles. The first-order chi connectivity index (χ1) is 16.1. The minimum atomic E-state index is -0.451. The summed E-state index contributed by atoms with van der Waals surface area (Å²) in [5.74, 6) is -0.373. The van der Waals surface area contributed by atoms with Crippen LogP contribution in [0.15, 0.2) is 48.7 Å². The summed E-state index contributed by atoms with van der Waals surface area (Å²) in [6.07, 6.45) is 4.08. The number of ether oxygens (including phenoxy) is 1. The molecule has 0 radical (unpaired) electrons. The maximum absolute atomic E-state index is 12.8. The Morgan fingerprint density at radius 2 is 1.91 bits per heavy atom. The second-order valence-electron chi connectivity index (χ2n) is 8.60. The van der Waals surface area contributed by atoms with Gasteiger partial charge in [0.25, 0.3) is 11.6 Å². The van der Waals surface area contributed by atoms with Crippen LogP contribution >= 0.6 is 0 Å². The zero-order valence-electron chi connectivity index (χ0n) is 18.3. The van der Waals surface area contributed by atoms with Gasteiger partial charge in [0.05, 0.1) is 18.1 Å². The van der Waals surface area contributed by atoms with Gasteiger partial charge in [-0.1, -0.05) is 0 Å². The average molecular weight is 450 g/mol. The molecule has 3 aromatic rings. The van der Waals surface area contributed by atoms with Gasteiger partial charge in [0.15, 0.2) is 0 Å². The molecule has 9 heteroatoms. The van der Waals surface area contributed by atoms with Crippen molar-refractivity contribution in [3.63, 3.8) is 0 Å². The van der Waals surface area contributed by atoms with E-state index in [0.717, 1.165) is 63.1 Å². The molecule has 0 spiro atoms. The fourth-order valence-corrected chi connectivity index (χ4v) is 4.14. The maximum atomic E-state index is 12.8. The number of hydrogen-bond acceptors (Lipinski definition) is 6. The summed E-state index contributed by atoms with van der Waals surface area (Å²) in [6, 6.07) is 12.7. The first-order valence-electron chi connectivity index (χ1n) is 11.3. The third-order valence-corrected chi connectivity index (χ3v) is 6.18. The number of rotatable bonds is 8. The standard InChI is InChI=1S/C24H27N5O4/c30-24(18-1-5-21(25-19-2-3-19)23(16-18)29(31)32)26-20-4-6-22-17(15-20)7-8-28(22)10-9-27-11-13-33-14-12-27/h1,4-8,15-16,19,25H,2-3,9-14H2,(H,26,30). The monoisotopic (exact) mass is 449 g/mol. The molecule has 0 atom stereocenters. The van der Waals surface area contributed by atoms with Crippen molar-refractivity contribution in [3.05, 3.63) is 64.3 Å². The first kappa shape index (κ1) is 21.4. The van der Waals surface area contributed by atoms with Gasteiger partial charge in [0.2, 0.25) is 0 Å². The smallest absolute Gasteiger partial charge is 0.293 e. The van der Waals surface area contributed by atoms with Crippen molar-refractivity contribution in [3.8, 4) is 0 Å². The van der Waals surface area contributed by atoms with Gasteiger partial charge in [-0.3, -0.25) is 19.8 Å². The lowest BCUT2D eigenvalue weighted by atomic mass is 10.1.